The fourth-order valence-electron chi connectivity index (χ4n) is 2.62. The van der Waals surface area contributed by atoms with E-state index in [0.29, 0.717) is 10.6 Å². The first kappa shape index (κ1) is 11.5. The highest BCUT2D eigenvalue weighted by Gasteiger charge is 2.13. The molecule has 0 bridgehead atoms. The number of aldehydes is 1. The van der Waals surface area contributed by atoms with Crippen LogP contribution in [-0.4, -0.2) is 6.29 Å². The summed E-state index contributed by atoms with van der Waals surface area (Å²) in [5.41, 5.74) is 5.54. The summed E-state index contributed by atoms with van der Waals surface area (Å²) in [6.45, 7) is 0. The predicted molar refractivity (Wildman–Crippen MR) is 74.3 cm³/mol. The van der Waals surface area contributed by atoms with Crippen LogP contribution in [0.3, 0.4) is 0 Å². The van der Waals surface area contributed by atoms with Crippen molar-refractivity contribution in [2.24, 2.45) is 0 Å². The van der Waals surface area contributed by atoms with Crippen molar-refractivity contribution in [3.05, 3.63) is 58.1 Å². The Morgan fingerprint density at radius 2 is 1.83 bits per heavy atom. The predicted octanol–water partition coefficient (Wildman–Crippen LogP) is 4.31. The van der Waals surface area contributed by atoms with Gasteiger partial charge in [0.15, 0.2) is 6.29 Å². The molecule has 0 aromatic heterocycles. The monoisotopic (exact) mass is 256 g/mol. The average molecular weight is 257 g/mol. The van der Waals surface area contributed by atoms with Crippen LogP contribution >= 0.6 is 11.6 Å². The number of carbonyl (C=O) groups is 1. The molecule has 0 aliphatic heterocycles. The first-order valence-electron chi connectivity index (χ1n) is 6.15. The van der Waals surface area contributed by atoms with Crippen molar-refractivity contribution < 1.29 is 4.79 Å². The maximum absolute atomic E-state index is 11.1. The van der Waals surface area contributed by atoms with Gasteiger partial charge in [0.25, 0.3) is 0 Å². The molecule has 0 unspecified atom stereocenters. The van der Waals surface area contributed by atoms with Crippen molar-refractivity contribution in [2.75, 3.05) is 0 Å². The minimum Gasteiger partial charge on any atom is -0.298 e. The average Bonchev–Trinajstić information content (AvgIpc) is 2.85. The Labute approximate surface area is 111 Å². The molecule has 0 spiro atoms. The van der Waals surface area contributed by atoms with Crippen LogP contribution in [-0.2, 0) is 12.8 Å². The molecular formula is C16H13ClO. The Morgan fingerprint density at radius 1 is 1.00 bits per heavy atom. The maximum Gasteiger partial charge on any atom is 0.150 e. The Hall–Kier alpha value is -1.60. The third kappa shape index (κ3) is 1.95. The van der Waals surface area contributed by atoms with Gasteiger partial charge in [-0.25, -0.2) is 0 Å². The largest absolute Gasteiger partial charge is 0.298 e. The van der Waals surface area contributed by atoms with Gasteiger partial charge < -0.3 is 0 Å². The number of hydrogen-bond donors (Lipinski definition) is 0. The molecule has 0 fully saturated rings. The van der Waals surface area contributed by atoms with Gasteiger partial charge in [0.2, 0.25) is 0 Å². The molecule has 0 atom stereocenters. The summed E-state index contributed by atoms with van der Waals surface area (Å²) >= 11 is 6.03. The van der Waals surface area contributed by atoms with E-state index in [4.69, 9.17) is 11.6 Å². The van der Waals surface area contributed by atoms with Crippen molar-refractivity contribution in [1.82, 2.24) is 0 Å². The zero-order valence-electron chi connectivity index (χ0n) is 9.95. The molecule has 3 rings (SSSR count). The summed E-state index contributed by atoms with van der Waals surface area (Å²) in [6.07, 6.45) is 4.43. The molecule has 0 heterocycles. The number of fused-ring (bicyclic) bond motifs is 1. The second-order valence-electron chi connectivity index (χ2n) is 4.69. The first-order chi connectivity index (χ1) is 8.78. The molecule has 90 valence electrons. The van der Waals surface area contributed by atoms with Gasteiger partial charge in [-0.1, -0.05) is 29.8 Å². The molecule has 2 aromatic carbocycles. The van der Waals surface area contributed by atoms with Gasteiger partial charge in [0, 0.05) is 10.6 Å². The third-order valence-corrected chi connectivity index (χ3v) is 3.79. The zero-order chi connectivity index (χ0) is 12.5. The highest BCUT2D eigenvalue weighted by molar-refractivity contribution is 6.31. The molecule has 2 aromatic rings. The van der Waals surface area contributed by atoms with Crippen LogP contribution < -0.4 is 0 Å². The van der Waals surface area contributed by atoms with E-state index in [-0.39, 0.29) is 0 Å². The molecule has 18 heavy (non-hydrogen) atoms. The number of aryl methyl sites for hydroxylation is 2. The second kappa shape index (κ2) is 4.58. The molecule has 1 nitrogen and oxygen atoms in total. The summed E-state index contributed by atoms with van der Waals surface area (Å²) in [5.74, 6) is 0. The van der Waals surface area contributed by atoms with Crippen molar-refractivity contribution in [3.8, 4) is 11.1 Å². The lowest BCUT2D eigenvalue weighted by molar-refractivity contribution is 0.112. The van der Waals surface area contributed by atoms with E-state index in [1.54, 1.807) is 12.1 Å². The Kier molecular flexibility index (Phi) is 2.92. The minimum atomic E-state index is 0.663. The van der Waals surface area contributed by atoms with E-state index in [1.165, 1.54) is 24.0 Å². The van der Waals surface area contributed by atoms with E-state index in [0.717, 1.165) is 23.8 Å². The van der Waals surface area contributed by atoms with Crippen molar-refractivity contribution >= 4 is 17.9 Å². The molecule has 2 heteroatoms. The van der Waals surface area contributed by atoms with Crippen LogP contribution in [0.1, 0.15) is 27.9 Å². The van der Waals surface area contributed by atoms with Gasteiger partial charge in [0.1, 0.15) is 0 Å². The van der Waals surface area contributed by atoms with E-state index in [1.807, 2.05) is 6.07 Å². The van der Waals surface area contributed by atoms with Gasteiger partial charge in [0.05, 0.1) is 0 Å². The van der Waals surface area contributed by atoms with E-state index in [2.05, 4.69) is 18.2 Å². The summed E-state index contributed by atoms with van der Waals surface area (Å²) in [7, 11) is 0. The van der Waals surface area contributed by atoms with Crippen molar-refractivity contribution in [2.45, 2.75) is 19.3 Å². The number of halogens is 1. The van der Waals surface area contributed by atoms with Gasteiger partial charge in [-0.15, -0.1) is 0 Å². The van der Waals surface area contributed by atoms with Crippen LogP contribution in [0.4, 0.5) is 0 Å². The molecule has 0 amide bonds. The molecule has 1 aliphatic carbocycles. The first-order valence-corrected chi connectivity index (χ1v) is 6.52. The lowest BCUT2D eigenvalue weighted by Crippen LogP contribution is -1.90. The summed E-state index contributed by atoms with van der Waals surface area (Å²) in [5, 5.41) is 0.663. The van der Waals surface area contributed by atoms with Crippen LogP contribution in [0.25, 0.3) is 11.1 Å². The van der Waals surface area contributed by atoms with E-state index < -0.39 is 0 Å². The highest BCUT2D eigenvalue weighted by atomic mass is 35.5. The quantitative estimate of drug-likeness (QED) is 0.732. The number of benzene rings is 2. The van der Waals surface area contributed by atoms with Gasteiger partial charge in [-0.3, -0.25) is 4.79 Å². The van der Waals surface area contributed by atoms with Gasteiger partial charge in [-0.05, 0) is 59.7 Å². The van der Waals surface area contributed by atoms with E-state index >= 15 is 0 Å². The molecule has 0 saturated carbocycles. The highest BCUT2D eigenvalue weighted by Crippen LogP contribution is 2.31. The lowest BCUT2D eigenvalue weighted by Gasteiger charge is -2.08. The summed E-state index contributed by atoms with van der Waals surface area (Å²) < 4.78 is 0. The molecule has 0 N–H and O–H groups in total. The fourth-order valence-corrected chi connectivity index (χ4v) is 2.79. The van der Waals surface area contributed by atoms with Crippen LogP contribution in [0.15, 0.2) is 36.4 Å². The van der Waals surface area contributed by atoms with Crippen LogP contribution in [0, 0.1) is 0 Å². The lowest BCUT2D eigenvalue weighted by atomic mass is 9.97. The van der Waals surface area contributed by atoms with Gasteiger partial charge in [-0.2, -0.15) is 0 Å². The minimum absolute atomic E-state index is 0.663. The normalized spacial score (nSPS) is 13.4. The number of hydrogen-bond acceptors (Lipinski definition) is 1. The van der Waals surface area contributed by atoms with Crippen molar-refractivity contribution in [1.29, 1.82) is 0 Å². The number of rotatable bonds is 2. The zero-order valence-corrected chi connectivity index (χ0v) is 10.7. The molecule has 0 radical (unpaired) electrons. The van der Waals surface area contributed by atoms with Crippen LogP contribution in [0.2, 0.25) is 5.02 Å². The molecule has 0 saturated heterocycles. The fraction of sp³-hybridized carbons (Fsp3) is 0.188. The maximum atomic E-state index is 11.1. The third-order valence-electron chi connectivity index (χ3n) is 3.55. The smallest absolute Gasteiger partial charge is 0.150 e. The SMILES string of the molecule is O=Cc1ccc(Cl)cc1-c1ccc2c(c1)CCC2. The number of carbonyl (C=O) groups excluding carboxylic acids is 1. The second-order valence-corrected chi connectivity index (χ2v) is 5.12. The van der Waals surface area contributed by atoms with Crippen molar-refractivity contribution in [3.63, 3.8) is 0 Å². The standard InChI is InChI=1S/C16H13ClO/c17-15-7-6-14(10-18)16(9-15)13-5-4-11-2-1-3-12(11)8-13/h4-10H,1-3H2. The summed E-state index contributed by atoms with van der Waals surface area (Å²) in [6, 6.07) is 11.8. The summed E-state index contributed by atoms with van der Waals surface area (Å²) in [4.78, 5) is 11.1. The van der Waals surface area contributed by atoms with Gasteiger partial charge >= 0.3 is 0 Å². The Bertz CT molecular complexity index is 616. The topological polar surface area (TPSA) is 17.1 Å². The molecule has 1 aliphatic rings. The Balaban J connectivity index is 2.14. The van der Waals surface area contributed by atoms with E-state index in [9.17, 15) is 4.79 Å². The molecular weight excluding hydrogens is 244 g/mol. The Morgan fingerprint density at radius 3 is 2.67 bits per heavy atom. The van der Waals surface area contributed by atoms with Crippen LogP contribution in [0.5, 0.6) is 0 Å².